The summed E-state index contributed by atoms with van der Waals surface area (Å²) in [4.78, 5) is 12.4. The Hall–Kier alpha value is -1.46. The molecule has 20 heavy (non-hydrogen) atoms. The van der Waals surface area contributed by atoms with Crippen molar-refractivity contribution in [1.82, 2.24) is 0 Å². The third kappa shape index (κ3) is 2.31. The molecule has 0 radical (unpaired) electrons. The van der Waals surface area contributed by atoms with Gasteiger partial charge in [0.2, 0.25) is 5.78 Å². The van der Waals surface area contributed by atoms with Gasteiger partial charge in [0.05, 0.1) is 0 Å². The molecule has 0 aliphatic heterocycles. The molecular formula is C15H7Br2FO2. The van der Waals surface area contributed by atoms with E-state index in [4.69, 9.17) is 4.42 Å². The van der Waals surface area contributed by atoms with Gasteiger partial charge in [0.1, 0.15) is 0 Å². The first-order chi connectivity index (χ1) is 9.56. The predicted octanol–water partition coefficient (Wildman–Crippen LogP) is 5.33. The fraction of sp³-hybridized carbons (Fsp3) is 0. The van der Waals surface area contributed by atoms with Crippen LogP contribution in [0, 0.1) is 5.82 Å². The molecule has 2 aromatic carbocycles. The van der Waals surface area contributed by atoms with Gasteiger partial charge in [-0.05, 0) is 30.3 Å². The van der Waals surface area contributed by atoms with Gasteiger partial charge in [-0.1, -0.05) is 44.0 Å². The normalized spacial score (nSPS) is 10.9. The molecule has 0 aliphatic rings. The number of benzene rings is 2. The van der Waals surface area contributed by atoms with Crippen molar-refractivity contribution in [2.24, 2.45) is 0 Å². The van der Waals surface area contributed by atoms with Gasteiger partial charge in [-0.2, -0.15) is 0 Å². The van der Waals surface area contributed by atoms with Gasteiger partial charge in [-0.3, -0.25) is 4.79 Å². The molecule has 3 aromatic rings. The van der Waals surface area contributed by atoms with E-state index in [0.29, 0.717) is 15.4 Å². The van der Waals surface area contributed by atoms with Crippen LogP contribution in [0.3, 0.4) is 0 Å². The number of carbonyl (C=O) groups excluding carboxylic acids is 1. The summed E-state index contributed by atoms with van der Waals surface area (Å²) >= 11 is 6.65. The highest BCUT2D eigenvalue weighted by Crippen LogP contribution is 2.28. The van der Waals surface area contributed by atoms with Crippen molar-refractivity contribution < 1.29 is 13.6 Å². The van der Waals surface area contributed by atoms with E-state index in [2.05, 4.69) is 31.9 Å². The summed E-state index contributed by atoms with van der Waals surface area (Å²) < 4.78 is 20.4. The van der Waals surface area contributed by atoms with E-state index in [1.165, 1.54) is 6.07 Å². The number of hydrogen-bond acceptors (Lipinski definition) is 2. The highest BCUT2D eigenvalue weighted by Gasteiger charge is 2.18. The van der Waals surface area contributed by atoms with E-state index in [-0.39, 0.29) is 17.1 Å². The monoisotopic (exact) mass is 396 g/mol. The molecule has 0 aliphatic carbocycles. The van der Waals surface area contributed by atoms with Crippen LogP contribution >= 0.6 is 31.9 Å². The maximum absolute atomic E-state index is 13.6. The van der Waals surface area contributed by atoms with Crippen LogP contribution in [0.5, 0.6) is 0 Å². The molecule has 0 spiro atoms. The number of fused-ring (bicyclic) bond motifs is 1. The number of ketones is 1. The van der Waals surface area contributed by atoms with Crippen LogP contribution in [0.2, 0.25) is 0 Å². The molecule has 0 atom stereocenters. The Kier molecular flexibility index (Phi) is 3.48. The second kappa shape index (κ2) is 5.14. The molecule has 100 valence electrons. The summed E-state index contributed by atoms with van der Waals surface area (Å²) in [5.74, 6) is -0.660. The summed E-state index contributed by atoms with van der Waals surface area (Å²) in [6, 6.07) is 11.4. The topological polar surface area (TPSA) is 30.2 Å². The lowest BCUT2D eigenvalue weighted by Crippen LogP contribution is -2.00. The van der Waals surface area contributed by atoms with Crippen molar-refractivity contribution in [2.75, 3.05) is 0 Å². The number of furan rings is 1. The Balaban J connectivity index is 2.13. The summed E-state index contributed by atoms with van der Waals surface area (Å²) in [6.45, 7) is 0. The highest BCUT2D eigenvalue weighted by atomic mass is 79.9. The molecule has 0 saturated carbocycles. The van der Waals surface area contributed by atoms with Crippen LogP contribution < -0.4 is 0 Å². The Bertz CT molecular complexity index is 824. The molecule has 0 fully saturated rings. The van der Waals surface area contributed by atoms with E-state index in [9.17, 15) is 9.18 Å². The zero-order valence-electron chi connectivity index (χ0n) is 9.99. The summed E-state index contributed by atoms with van der Waals surface area (Å²) in [7, 11) is 0. The van der Waals surface area contributed by atoms with E-state index < -0.39 is 5.82 Å². The zero-order chi connectivity index (χ0) is 14.3. The second-order valence-corrected chi connectivity index (χ2v) is 5.99. The smallest absolute Gasteiger partial charge is 0.229 e. The average Bonchev–Trinajstić information content (AvgIpc) is 2.86. The fourth-order valence-corrected chi connectivity index (χ4v) is 2.73. The minimum Gasteiger partial charge on any atom is -0.449 e. The van der Waals surface area contributed by atoms with Crippen molar-refractivity contribution in [3.8, 4) is 0 Å². The zero-order valence-corrected chi connectivity index (χ0v) is 13.2. The van der Waals surface area contributed by atoms with E-state index >= 15 is 0 Å². The fourth-order valence-electron chi connectivity index (χ4n) is 1.94. The molecule has 1 heterocycles. The molecule has 2 nitrogen and oxygen atoms in total. The number of hydrogen-bond donors (Lipinski definition) is 0. The van der Waals surface area contributed by atoms with Crippen LogP contribution in [0.1, 0.15) is 16.1 Å². The highest BCUT2D eigenvalue weighted by molar-refractivity contribution is 9.11. The summed E-state index contributed by atoms with van der Waals surface area (Å²) in [6.07, 6.45) is 0. The van der Waals surface area contributed by atoms with Crippen LogP contribution in [0.4, 0.5) is 4.39 Å². The van der Waals surface area contributed by atoms with Crippen molar-refractivity contribution >= 4 is 48.6 Å². The molecule has 0 saturated heterocycles. The second-order valence-electron chi connectivity index (χ2n) is 4.22. The Morgan fingerprint density at radius 1 is 1.10 bits per heavy atom. The standard InChI is InChI=1S/C15H7Br2FO2/c16-9-4-5-11(17)10(7-9)14(19)13-6-8-2-1-3-12(18)15(8)20-13/h1-7H. The van der Waals surface area contributed by atoms with Crippen molar-refractivity contribution in [3.05, 3.63) is 68.6 Å². The molecule has 0 amide bonds. The number of rotatable bonds is 2. The molecule has 0 bridgehead atoms. The number of carbonyl (C=O) groups is 1. The van der Waals surface area contributed by atoms with Crippen LogP contribution in [0.15, 0.2) is 55.8 Å². The molecule has 5 heteroatoms. The Morgan fingerprint density at radius 3 is 2.65 bits per heavy atom. The third-order valence-corrected chi connectivity index (χ3v) is 4.08. The van der Waals surface area contributed by atoms with Crippen LogP contribution in [-0.2, 0) is 0 Å². The van der Waals surface area contributed by atoms with Crippen molar-refractivity contribution in [2.45, 2.75) is 0 Å². The molecule has 0 N–H and O–H groups in total. The van der Waals surface area contributed by atoms with E-state index in [1.54, 1.807) is 30.3 Å². The van der Waals surface area contributed by atoms with Crippen LogP contribution in [0.25, 0.3) is 11.0 Å². The largest absolute Gasteiger partial charge is 0.449 e. The molecule has 1 aromatic heterocycles. The lowest BCUT2D eigenvalue weighted by molar-refractivity contribution is 0.101. The van der Waals surface area contributed by atoms with Gasteiger partial charge in [-0.15, -0.1) is 0 Å². The maximum atomic E-state index is 13.6. The van der Waals surface area contributed by atoms with Gasteiger partial charge in [0, 0.05) is 19.9 Å². The summed E-state index contributed by atoms with van der Waals surface area (Å²) in [5.41, 5.74) is 0.556. The Morgan fingerprint density at radius 2 is 1.90 bits per heavy atom. The minimum atomic E-state index is -0.477. The third-order valence-electron chi connectivity index (χ3n) is 2.89. The number of para-hydroxylation sites is 1. The molecule has 0 unspecified atom stereocenters. The van der Waals surface area contributed by atoms with Gasteiger partial charge in [0.15, 0.2) is 17.2 Å². The lowest BCUT2D eigenvalue weighted by atomic mass is 10.1. The lowest BCUT2D eigenvalue weighted by Gasteiger charge is -2.01. The minimum absolute atomic E-state index is 0.0990. The average molecular weight is 398 g/mol. The first kappa shape index (κ1) is 13.5. The first-order valence-corrected chi connectivity index (χ1v) is 7.32. The Labute approximate surface area is 130 Å². The SMILES string of the molecule is O=C(c1cc2cccc(F)c2o1)c1cc(Br)ccc1Br. The van der Waals surface area contributed by atoms with Gasteiger partial charge in [-0.25, -0.2) is 4.39 Å². The molecule has 3 rings (SSSR count). The van der Waals surface area contributed by atoms with Crippen molar-refractivity contribution in [3.63, 3.8) is 0 Å². The maximum Gasteiger partial charge on any atom is 0.229 e. The van der Waals surface area contributed by atoms with Gasteiger partial charge in [0.25, 0.3) is 0 Å². The van der Waals surface area contributed by atoms with E-state index in [0.717, 1.165) is 4.47 Å². The van der Waals surface area contributed by atoms with Crippen molar-refractivity contribution in [1.29, 1.82) is 0 Å². The van der Waals surface area contributed by atoms with Crippen LogP contribution in [-0.4, -0.2) is 5.78 Å². The molecular weight excluding hydrogens is 391 g/mol. The summed E-state index contributed by atoms with van der Waals surface area (Å²) in [5, 5.41) is 0.569. The van der Waals surface area contributed by atoms with Gasteiger partial charge >= 0.3 is 0 Å². The van der Waals surface area contributed by atoms with E-state index in [1.807, 2.05) is 6.07 Å². The number of halogens is 3. The quantitative estimate of drug-likeness (QED) is 0.547. The first-order valence-electron chi connectivity index (χ1n) is 5.74. The van der Waals surface area contributed by atoms with Gasteiger partial charge < -0.3 is 4.42 Å². The predicted molar refractivity (Wildman–Crippen MR) is 81.4 cm³/mol.